The minimum atomic E-state index is -1.48. The Morgan fingerprint density at radius 2 is 2.00 bits per heavy atom. The summed E-state index contributed by atoms with van der Waals surface area (Å²) in [6.45, 7) is -0.250. The van der Waals surface area contributed by atoms with E-state index in [2.05, 4.69) is 5.29 Å². The molecule has 0 aromatic heterocycles. The van der Waals surface area contributed by atoms with Crippen LogP contribution in [0.15, 0.2) is 5.29 Å². The Morgan fingerprint density at radius 3 is 2.46 bits per heavy atom. The number of hydrogen-bond donors (Lipinski definition) is 3. The smallest absolute Gasteiger partial charge is 0.165 e. The van der Waals surface area contributed by atoms with Gasteiger partial charge in [-0.3, -0.25) is 0 Å². The Kier molecular flexibility index (Phi) is 2.77. The molecule has 0 amide bonds. The number of hydrogen-bond acceptors (Lipinski definition) is 6. The number of piperidine rings is 1. The Balaban J connectivity index is 2.82. The highest BCUT2D eigenvalue weighted by Gasteiger charge is 2.42. The molecule has 72 valence electrons. The summed E-state index contributed by atoms with van der Waals surface area (Å²) in [6, 6.07) is 0.418. The molecule has 0 radical (unpaired) electrons. The van der Waals surface area contributed by atoms with Crippen LogP contribution < -0.4 is 0 Å². The molecule has 0 saturated carbocycles. The maximum Gasteiger partial charge on any atom is 0.165 e. The number of aliphatic hydroxyl groups excluding tert-OH is 3. The average molecular weight is 187 g/mol. The molecule has 1 rings (SSSR count). The van der Waals surface area contributed by atoms with Crippen LogP contribution in [0, 0.1) is 16.2 Å². The van der Waals surface area contributed by atoms with E-state index in [0.29, 0.717) is 5.01 Å². The molecule has 0 spiro atoms. The number of β-amino-alcohol motifs (C(OH)–C–C–N with tert-alkyl or cyclic N) is 1. The van der Waals surface area contributed by atoms with Crippen LogP contribution in [-0.4, -0.2) is 51.2 Å². The van der Waals surface area contributed by atoms with E-state index in [1.165, 1.54) is 0 Å². The molecule has 1 fully saturated rings. The molecule has 1 aliphatic heterocycles. The molecule has 4 atom stereocenters. The lowest BCUT2D eigenvalue weighted by molar-refractivity contribution is -0.125. The van der Waals surface area contributed by atoms with Gasteiger partial charge in [0.05, 0.1) is 17.9 Å². The predicted octanol–water partition coefficient (Wildman–Crippen LogP) is -2.04. The highest BCUT2D eigenvalue weighted by molar-refractivity contribution is 5.04. The van der Waals surface area contributed by atoms with Gasteiger partial charge in [-0.15, -0.1) is 4.91 Å². The van der Waals surface area contributed by atoms with Gasteiger partial charge in [-0.05, 0) is 0 Å². The molecule has 0 aliphatic carbocycles. The third-order valence-corrected chi connectivity index (χ3v) is 2.00. The SMILES string of the molecule is N#C[C@@H]1[C@H](O)[C@@H](O)[C@H](O)CN1N=O. The zero-order valence-corrected chi connectivity index (χ0v) is 6.61. The first kappa shape index (κ1) is 9.85. The van der Waals surface area contributed by atoms with Crippen LogP contribution in [-0.2, 0) is 0 Å². The summed E-state index contributed by atoms with van der Waals surface area (Å²) in [7, 11) is 0. The molecule has 7 nitrogen and oxygen atoms in total. The Morgan fingerprint density at radius 1 is 1.38 bits per heavy atom. The summed E-state index contributed by atoms with van der Waals surface area (Å²) >= 11 is 0. The van der Waals surface area contributed by atoms with Crippen LogP contribution in [0.25, 0.3) is 0 Å². The molecular weight excluding hydrogens is 178 g/mol. The number of nitroso groups, excluding NO2 is 1. The Bertz CT molecular complexity index is 241. The molecule has 7 heteroatoms. The second-order valence-corrected chi connectivity index (χ2v) is 2.83. The van der Waals surface area contributed by atoms with Crippen molar-refractivity contribution in [3.63, 3.8) is 0 Å². The predicted molar refractivity (Wildman–Crippen MR) is 39.9 cm³/mol. The van der Waals surface area contributed by atoms with E-state index in [9.17, 15) is 10.0 Å². The lowest BCUT2D eigenvalue weighted by Crippen LogP contribution is -2.58. The van der Waals surface area contributed by atoms with Crippen molar-refractivity contribution in [3.05, 3.63) is 4.91 Å². The standard InChI is InChI=1S/C6H9N3O4/c7-1-3-5(11)6(12)4(10)2-9(3)8-13/h3-6,10-12H,2H2/t3-,4-,5+,6+/m1/s1. The van der Waals surface area contributed by atoms with Crippen molar-refractivity contribution in [2.45, 2.75) is 24.4 Å². The van der Waals surface area contributed by atoms with Gasteiger partial charge >= 0.3 is 0 Å². The first-order chi connectivity index (χ1) is 6.11. The van der Waals surface area contributed by atoms with Crippen molar-refractivity contribution < 1.29 is 15.3 Å². The van der Waals surface area contributed by atoms with Gasteiger partial charge in [-0.25, -0.2) is 5.01 Å². The first-order valence-corrected chi connectivity index (χ1v) is 3.65. The van der Waals surface area contributed by atoms with Crippen molar-refractivity contribution >= 4 is 0 Å². The molecule has 1 saturated heterocycles. The summed E-state index contributed by atoms with van der Waals surface area (Å²) in [6.07, 6.45) is -4.16. The number of nitriles is 1. The van der Waals surface area contributed by atoms with E-state index in [-0.39, 0.29) is 6.54 Å². The summed E-state index contributed by atoms with van der Waals surface area (Å²) in [5.74, 6) is 0. The van der Waals surface area contributed by atoms with E-state index in [0.717, 1.165) is 0 Å². The fourth-order valence-electron chi connectivity index (χ4n) is 1.23. The fourth-order valence-corrected chi connectivity index (χ4v) is 1.23. The molecule has 1 heterocycles. The Hall–Kier alpha value is -1.23. The third kappa shape index (κ3) is 1.60. The van der Waals surface area contributed by atoms with Gasteiger partial charge in [0.15, 0.2) is 6.04 Å². The van der Waals surface area contributed by atoms with Gasteiger partial charge in [-0.2, -0.15) is 5.26 Å². The molecule has 1 aliphatic rings. The molecule has 0 aromatic rings. The van der Waals surface area contributed by atoms with Crippen LogP contribution in [0.2, 0.25) is 0 Å². The summed E-state index contributed by atoms with van der Waals surface area (Å²) in [5.41, 5.74) is 0. The van der Waals surface area contributed by atoms with Crippen molar-refractivity contribution in [1.29, 1.82) is 5.26 Å². The minimum Gasteiger partial charge on any atom is -0.388 e. The zero-order chi connectivity index (χ0) is 10.0. The highest BCUT2D eigenvalue weighted by Crippen LogP contribution is 2.18. The molecule has 0 aromatic carbocycles. The molecule has 0 bridgehead atoms. The average Bonchev–Trinajstić information content (AvgIpc) is 2.13. The van der Waals surface area contributed by atoms with Crippen LogP contribution in [0.3, 0.4) is 0 Å². The molecule has 3 N–H and O–H groups in total. The van der Waals surface area contributed by atoms with Crippen LogP contribution in [0.5, 0.6) is 0 Å². The van der Waals surface area contributed by atoms with Crippen molar-refractivity contribution in [1.82, 2.24) is 5.01 Å². The topological polar surface area (TPSA) is 117 Å². The maximum atomic E-state index is 10.1. The second-order valence-electron chi connectivity index (χ2n) is 2.83. The van der Waals surface area contributed by atoms with Gasteiger partial charge in [0.25, 0.3) is 0 Å². The fraction of sp³-hybridized carbons (Fsp3) is 0.833. The molecule has 13 heavy (non-hydrogen) atoms. The zero-order valence-electron chi connectivity index (χ0n) is 6.61. The van der Waals surface area contributed by atoms with Crippen LogP contribution in [0.4, 0.5) is 0 Å². The van der Waals surface area contributed by atoms with Crippen molar-refractivity contribution in [2.75, 3.05) is 6.54 Å². The molecular formula is C6H9N3O4. The minimum absolute atomic E-state index is 0.250. The number of nitrogens with zero attached hydrogens (tertiary/aromatic N) is 3. The maximum absolute atomic E-state index is 10.1. The van der Waals surface area contributed by atoms with E-state index in [1.54, 1.807) is 6.07 Å². The van der Waals surface area contributed by atoms with E-state index >= 15 is 0 Å². The summed E-state index contributed by atoms with van der Waals surface area (Å²) < 4.78 is 0. The third-order valence-electron chi connectivity index (χ3n) is 2.00. The molecule has 0 unspecified atom stereocenters. The largest absolute Gasteiger partial charge is 0.388 e. The summed E-state index contributed by atoms with van der Waals surface area (Å²) in [5, 5.41) is 39.2. The lowest BCUT2D eigenvalue weighted by atomic mass is 9.96. The van der Waals surface area contributed by atoms with E-state index in [4.69, 9.17) is 15.5 Å². The lowest BCUT2D eigenvalue weighted by Gasteiger charge is -2.36. The number of aliphatic hydroxyl groups is 3. The Labute approximate surface area is 73.8 Å². The number of rotatable bonds is 1. The van der Waals surface area contributed by atoms with Gasteiger partial charge in [0.2, 0.25) is 0 Å². The van der Waals surface area contributed by atoms with Gasteiger partial charge in [0, 0.05) is 0 Å². The van der Waals surface area contributed by atoms with Gasteiger partial charge < -0.3 is 15.3 Å². The monoisotopic (exact) mass is 187 g/mol. The van der Waals surface area contributed by atoms with Gasteiger partial charge in [0.1, 0.15) is 18.3 Å². The van der Waals surface area contributed by atoms with E-state index in [1.807, 2.05) is 0 Å². The second kappa shape index (κ2) is 3.66. The van der Waals surface area contributed by atoms with Gasteiger partial charge in [-0.1, -0.05) is 0 Å². The first-order valence-electron chi connectivity index (χ1n) is 3.65. The highest BCUT2D eigenvalue weighted by atomic mass is 16.4. The van der Waals surface area contributed by atoms with Crippen molar-refractivity contribution in [2.24, 2.45) is 5.29 Å². The van der Waals surface area contributed by atoms with Crippen molar-refractivity contribution in [3.8, 4) is 6.07 Å². The van der Waals surface area contributed by atoms with Crippen LogP contribution in [0.1, 0.15) is 0 Å². The van der Waals surface area contributed by atoms with Crippen LogP contribution >= 0.6 is 0 Å². The summed E-state index contributed by atoms with van der Waals surface area (Å²) in [4.78, 5) is 10.1. The van der Waals surface area contributed by atoms with E-state index < -0.39 is 24.4 Å². The quantitative estimate of drug-likeness (QED) is 0.407. The normalized spacial score (nSPS) is 39.7.